The van der Waals surface area contributed by atoms with Gasteiger partial charge in [0.2, 0.25) is 0 Å². The van der Waals surface area contributed by atoms with Crippen molar-refractivity contribution in [3.05, 3.63) is 76.7 Å². The van der Waals surface area contributed by atoms with Gasteiger partial charge in [0.15, 0.2) is 10.8 Å². The fourth-order valence-electron chi connectivity index (χ4n) is 2.37. The number of rotatable bonds is 5. The van der Waals surface area contributed by atoms with Crippen LogP contribution in [0.4, 0.5) is 0 Å². The molecule has 0 saturated heterocycles. The Hall–Kier alpha value is -3.06. The molecule has 0 aliphatic rings. The Kier molecular flexibility index (Phi) is 4.22. The van der Waals surface area contributed by atoms with Crippen LogP contribution in [0.25, 0.3) is 11.0 Å². The number of nitrogens with one attached hydrogen (secondary N) is 2. The first kappa shape index (κ1) is 15.5. The number of H-pyrrole nitrogens is 2. The van der Waals surface area contributed by atoms with Gasteiger partial charge in [-0.05, 0) is 29.8 Å². The second-order valence-electron chi connectivity index (χ2n) is 5.35. The number of hydrogen-bond acceptors (Lipinski definition) is 5. The highest BCUT2D eigenvalue weighted by Gasteiger charge is 2.07. The van der Waals surface area contributed by atoms with Gasteiger partial charge in [0.05, 0.1) is 6.20 Å². The topological polar surface area (TPSA) is 83.7 Å². The normalized spacial score (nSPS) is 10.9. The largest absolute Gasteiger partial charge is 0.457 e. The van der Waals surface area contributed by atoms with Gasteiger partial charge < -0.3 is 9.72 Å². The number of para-hydroxylation sites is 1. The fourth-order valence-corrected chi connectivity index (χ4v) is 3.17. The quantitative estimate of drug-likeness (QED) is 0.423. The summed E-state index contributed by atoms with van der Waals surface area (Å²) in [5.74, 6) is 2.23. The van der Waals surface area contributed by atoms with E-state index in [0.717, 1.165) is 17.1 Å². The van der Waals surface area contributed by atoms with E-state index in [-0.39, 0.29) is 5.56 Å². The van der Waals surface area contributed by atoms with Crippen molar-refractivity contribution in [2.75, 3.05) is 0 Å². The molecule has 2 N–H and O–H groups in total. The Morgan fingerprint density at radius 3 is 2.76 bits per heavy atom. The summed E-state index contributed by atoms with van der Waals surface area (Å²) in [4.78, 5) is 19.1. The Morgan fingerprint density at radius 2 is 1.88 bits per heavy atom. The summed E-state index contributed by atoms with van der Waals surface area (Å²) in [6, 6.07) is 17.5. The molecule has 4 aromatic rings. The van der Waals surface area contributed by atoms with E-state index >= 15 is 0 Å². The maximum atomic E-state index is 11.9. The lowest BCUT2D eigenvalue weighted by Gasteiger charge is -2.07. The molecule has 2 aromatic carbocycles. The molecule has 4 rings (SSSR count). The zero-order chi connectivity index (χ0) is 17.1. The van der Waals surface area contributed by atoms with Crippen molar-refractivity contribution < 1.29 is 4.74 Å². The van der Waals surface area contributed by atoms with E-state index in [2.05, 4.69) is 20.2 Å². The number of thioether (sulfide) groups is 1. The number of nitrogens with zero attached hydrogens (tertiary/aromatic N) is 2. The second-order valence-corrected chi connectivity index (χ2v) is 6.32. The van der Waals surface area contributed by atoms with E-state index in [0.29, 0.717) is 21.9 Å². The second kappa shape index (κ2) is 6.82. The summed E-state index contributed by atoms with van der Waals surface area (Å²) >= 11 is 1.45. The summed E-state index contributed by atoms with van der Waals surface area (Å²) < 4.78 is 5.84. The number of fused-ring (bicyclic) bond motifs is 1. The van der Waals surface area contributed by atoms with Crippen LogP contribution in [-0.2, 0) is 5.75 Å². The maximum absolute atomic E-state index is 11.9. The molecule has 0 atom stereocenters. The molecular formula is C18H14N4O2S. The Balaban J connectivity index is 1.49. The lowest BCUT2D eigenvalue weighted by Crippen LogP contribution is -2.08. The van der Waals surface area contributed by atoms with Crippen molar-refractivity contribution in [1.82, 2.24) is 20.2 Å². The van der Waals surface area contributed by atoms with Crippen LogP contribution in [0.2, 0.25) is 0 Å². The van der Waals surface area contributed by atoms with Gasteiger partial charge in [0.25, 0.3) is 5.56 Å². The highest BCUT2D eigenvalue weighted by atomic mass is 32.2. The van der Waals surface area contributed by atoms with Crippen LogP contribution in [0.5, 0.6) is 11.5 Å². The molecule has 124 valence electrons. The van der Waals surface area contributed by atoms with E-state index in [4.69, 9.17) is 4.74 Å². The third kappa shape index (κ3) is 3.56. The third-order valence-electron chi connectivity index (χ3n) is 3.55. The van der Waals surface area contributed by atoms with Crippen molar-refractivity contribution in [2.24, 2.45) is 0 Å². The molecule has 0 unspecified atom stereocenters. The molecule has 0 spiro atoms. The van der Waals surface area contributed by atoms with Crippen LogP contribution < -0.4 is 10.3 Å². The van der Waals surface area contributed by atoms with E-state index in [1.54, 1.807) is 0 Å². The fraction of sp³-hybridized carbons (Fsp3) is 0.0556. The molecule has 6 nitrogen and oxygen atoms in total. The molecule has 2 aromatic heterocycles. The van der Waals surface area contributed by atoms with Crippen LogP contribution in [0.3, 0.4) is 0 Å². The molecular weight excluding hydrogens is 336 g/mol. The summed E-state index contributed by atoms with van der Waals surface area (Å²) in [5.41, 5.74) is 1.38. The van der Waals surface area contributed by atoms with Crippen molar-refractivity contribution in [2.45, 2.75) is 10.9 Å². The van der Waals surface area contributed by atoms with E-state index in [1.807, 2.05) is 54.6 Å². The van der Waals surface area contributed by atoms with Gasteiger partial charge >= 0.3 is 0 Å². The van der Waals surface area contributed by atoms with Gasteiger partial charge in [0, 0.05) is 5.75 Å². The third-order valence-corrected chi connectivity index (χ3v) is 4.50. The summed E-state index contributed by atoms with van der Waals surface area (Å²) in [6.07, 6.45) is 1.47. The number of aromatic amines is 2. The maximum Gasteiger partial charge on any atom is 0.262 e. The van der Waals surface area contributed by atoms with Crippen LogP contribution in [0.1, 0.15) is 5.56 Å². The molecule has 0 amide bonds. The first-order chi connectivity index (χ1) is 12.3. The first-order valence-corrected chi connectivity index (χ1v) is 8.64. The predicted molar refractivity (Wildman–Crippen MR) is 97.0 cm³/mol. The number of ether oxygens (including phenoxy) is 1. The Morgan fingerprint density at radius 1 is 1.04 bits per heavy atom. The zero-order valence-electron chi connectivity index (χ0n) is 13.1. The van der Waals surface area contributed by atoms with E-state index in [1.165, 1.54) is 18.0 Å². The molecule has 0 radical (unpaired) electrons. The minimum atomic E-state index is -0.192. The van der Waals surface area contributed by atoms with Crippen molar-refractivity contribution >= 4 is 22.8 Å². The molecule has 0 aliphatic carbocycles. The lowest BCUT2D eigenvalue weighted by atomic mass is 10.2. The summed E-state index contributed by atoms with van der Waals surface area (Å²) in [6.45, 7) is 0. The molecule has 7 heteroatoms. The van der Waals surface area contributed by atoms with Crippen molar-refractivity contribution in [3.8, 4) is 11.5 Å². The molecule has 2 heterocycles. The molecule has 0 saturated carbocycles. The average Bonchev–Trinajstić information content (AvgIpc) is 3.10. The molecule has 0 fully saturated rings. The highest BCUT2D eigenvalue weighted by Crippen LogP contribution is 2.25. The van der Waals surface area contributed by atoms with Gasteiger partial charge in [-0.25, -0.2) is 4.98 Å². The van der Waals surface area contributed by atoms with E-state index in [9.17, 15) is 4.79 Å². The smallest absolute Gasteiger partial charge is 0.262 e. The minimum Gasteiger partial charge on any atom is -0.457 e. The summed E-state index contributed by atoms with van der Waals surface area (Å²) in [5, 5.41) is 7.57. The first-order valence-electron chi connectivity index (χ1n) is 7.66. The number of hydrogen-bond donors (Lipinski definition) is 2. The summed E-state index contributed by atoms with van der Waals surface area (Å²) in [7, 11) is 0. The predicted octanol–water partition coefficient (Wildman–Crippen LogP) is 3.73. The van der Waals surface area contributed by atoms with E-state index < -0.39 is 0 Å². The van der Waals surface area contributed by atoms with Gasteiger partial charge in [-0.1, -0.05) is 42.1 Å². The van der Waals surface area contributed by atoms with Gasteiger partial charge in [-0.3, -0.25) is 9.89 Å². The lowest BCUT2D eigenvalue weighted by molar-refractivity contribution is 0.482. The molecule has 0 aliphatic heterocycles. The average molecular weight is 350 g/mol. The number of benzene rings is 2. The van der Waals surface area contributed by atoms with Crippen molar-refractivity contribution in [3.63, 3.8) is 0 Å². The van der Waals surface area contributed by atoms with Gasteiger partial charge in [0.1, 0.15) is 16.9 Å². The molecule has 0 bridgehead atoms. The SMILES string of the molecule is O=c1[nH]c(SCc2cccc(Oc3ccccc3)c2)nc2[nH]ncc12. The van der Waals surface area contributed by atoms with Crippen molar-refractivity contribution in [1.29, 1.82) is 0 Å². The number of aromatic nitrogens is 4. The Bertz CT molecular complexity index is 1060. The van der Waals surface area contributed by atoms with Crippen LogP contribution >= 0.6 is 11.8 Å². The van der Waals surface area contributed by atoms with Gasteiger partial charge in [-0.2, -0.15) is 5.10 Å². The monoisotopic (exact) mass is 350 g/mol. The zero-order valence-corrected chi connectivity index (χ0v) is 13.9. The minimum absolute atomic E-state index is 0.192. The Labute approximate surface area is 147 Å². The standard InChI is InChI=1S/C18H14N4O2S/c23-17-15-10-19-22-16(15)20-18(21-17)25-11-12-5-4-8-14(9-12)24-13-6-2-1-3-7-13/h1-10H,11H2,(H2,19,20,21,22,23). The van der Waals surface area contributed by atoms with Crippen LogP contribution in [-0.4, -0.2) is 20.2 Å². The molecule has 25 heavy (non-hydrogen) atoms. The van der Waals surface area contributed by atoms with Gasteiger partial charge in [-0.15, -0.1) is 0 Å². The highest BCUT2D eigenvalue weighted by molar-refractivity contribution is 7.98. The van der Waals surface area contributed by atoms with Crippen LogP contribution in [0, 0.1) is 0 Å². The van der Waals surface area contributed by atoms with Crippen LogP contribution in [0.15, 0.2) is 70.7 Å².